The number of hydrogen-bond acceptors (Lipinski definition) is 4. The highest BCUT2D eigenvalue weighted by atomic mass is 16.6. The van der Waals surface area contributed by atoms with E-state index in [0.717, 1.165) is 42.5 Å². The molecule has 0 spiro atoms. The highest BCUT2D eigenvalue weighted by Gasteiger charge is 2.22. The SMILES string of the molecule is Cc1c(C)n(CCCN(C)C(=O)OC(C)(C)C)c2nc3c(c(N)c12)CCCCCC3. The van der Waals surface area contributed by atoms with Gasteiger partial charge in [0.05, 0.1) is 0 Å². The normalized spacial score (nSPS) is 14.9. The quantitative estimate of drug-likeness (QED) is 0.751. The molecule has 6 nitrogen and oxygen atoms in total. The van der Waals surface area contributed by atoms with E-state index < -0.39 is 5.60 Å². The molecule has 0 aromatic carbocycles. The average Bonchev–Trinajstić information content (AvgIpc) is 2.86. The van der Waals surface area contributed by atoms with Crippen LogP contribution in [0.3, 0.4) is 0 Å². The number of pyridine rings is 1. The predicted octanol–water partition coefficient (Wildman–Crippen LogP) is 5.15. The first-order valence-corrected chi connectivity index (χ1v) is 11.3. The van der Waals surface area contributed by atoms with Gasteiger partial charge in [-0.2, -0.15) is 0 Å². The Balaban J connectivity index is 1.82. The Labute approximate surface area is 180 Å². The smallest absolute Gasteiger partial charge is 0.410 e. The molecule has 166 valence electrons. The molecule has 30 heavy (non-hydrogen) atoms. The van der Waals surface area contributed by atoms with Crippen molar-refractivity contribution in [1.82, 2.24) is 14.5 Å². The van der Waals surface area contributed by atoms with Crippen molar-refractivity contribution in [1.29, 1.82) is 0 Å². The molecule has 2 aromatic rings. The minimum absolute atomic E-state index is 0.281. The Morgan fingerprint density at radius 2 is 1.83 bits per heavy atom. The Morgan fingerprint density at radius 3 is 2.50 bits per heavy atom. The maximum absolute atomic E-state index is 12.2. The van der Waals surface area contributed by atoms with E-state index in [9.17, 15) is 4.79 Å². The first-order chi connectivity index (χ1) is 14.1. The number of nitrogens with zero attached hydrogens (tertiary/aromatic N) is 3. The first-order valence-electron chi connectivity index (χ1n) is 11.3. The van der Waals surface area contributed by atoms with Crippen LogP contribution in [0.5, 0.6) is 0 Å². The molecule has 0 aliphatic heterocycles. The maximum Gasteiger partial charge on any atom is 0.410 e. The lowest BCUT2D eigenvalue weighted by Crippen LogP contribution is -2.35. The van der Waals surface area contributed by atoms with Crippen molar-refractivity contribution in [3.05, 3.63) is 22.5 Å². The monoisotopic (exact) mass is 414 g/mol. The van der Waals surface area contributed by atoms with Crippen LogP contribution in [0.25, 0.3) is 11.0 Å². The second kappa shape index (κ2) is 8.86. The van der Waals surface area contributed by atoms with Gasteiger partial charge in [0.15, 0.2) is 0 Å². The number of fused-ring (bicyclic) bond motifs is 2. The lowest BCUT2D eigenvalue weighted by Gasteiger charge is -2.24. The summed E-state index contributed by atoms with van der Waals surface area (Å²) in [7, 11) is 1.79. The number of carbonyl (C=O) groups is 1. The van der Waals surface area contributed by atoms with Crippen LogP contribution in [0.2, 0.25) is 0 Å². The molecule has 0 fully saturated rings. The van der Waals surface area contributed by atoms with E-state index in [2.05, 4.69) is 18.4 Å². The number of nitrogen functional groups attached to an aromatic ring is 1. The highest BCUT2D eigenvalue weighted by Crippen LogP contribution is 2.35. The van der Waals surface area contributed by atoms with Gasteiger partial charge in [-0.05, 0) is 77.8 Å². The summed E-state index contributed by atoms with van der Waals surface area (Å²) in [5, 5.41) is 1.12. The summed E-state index contributed by atoms with van der Waals surface area (Å²) in [6.07, 6.45) is 7.53. The van der Waals surface area contributed by atoms with Gasteiger partial charge in [-0.1, -0.05) is 12.8 Å². The van der Waals surface area contributed by atoms with Gasteiger partial charge >= 0.3 is 6.09 Å². The molecule has 6 heteroatoms. The molecule has 0 saturated carbocycles. The molecule has 3 rings (SSSR count). The van der Waals surface area contributed by atoms with E-state index in [1.165, 1.54) is 48.2 Å². The van der Waals surface area contributed by atoms with Crippen LogP contribution in [-0.2, 0) is 24.1 Å². The van der Waals surface area contributed by atoms with Crippen molar-refractivity contribution < 1.29 is 9.53 Å². The molecule has 0 bridgehead atoms. The zero-order valence-corrected chi connectivity index (χ0v) is 19.6. The highest BCUT2D eigenvalue weighted by molar-refractivity contribution is 5.95. The summed E-state index contributed by atoms with van der Waals surface area (Å²) in [5.74, 6) is 0. The van der Waals surface area contributed by atoms with Gasteiger partial charge in [0.25, 0.3) is 0 Å². The Bertz CT molecular complexity index is 924. The van der Waals surface area contributed by atoms with Crippen molar-refractivity contribution in [3.63, 3.8) is 0 Å². The molecule has 0 atom stereocenters. The molecule has 0 unspecified atom stereocenters. The summed E-state index contributed by atoms with van der Waals surface area (Å²) in [6.45, 7) is 11.4. The standard InChI is InChI=1S/C24H38N4O2/c1-16-17(2)28(15-11-14-27(6)23(29)30-24(3,4)5)22-20(16)21(25)18-12-9-7-8-10-13-19(18)26-22/h7-15H2,1-6H3,(H2,25,26). The largest absolute Gasteiger partial charge is 0.444 e. The van der Waals surface area contributed by atoms with E-state index in [1.807, 2.05) is 20.8 Å². The van der Waals surface area contributed by atoms with E-state index in [4.69, 9.17) is 15.5 Å². The number of aryl methyl sites for hydroxylation is 3. The van der Waals surface area contributed by atoms with E-state index in [0.29, 0.717) is 6.54 Å². The van der Waals surface area contributed by atoms with Crippen LogP contribution < -0.4 is 5.73 Å². The van der Waals surface area contributed by atoms with Crippen molar-refractivity contribution in [2.75, 3.05) is 19.3 Å². The molecule has 0 saturated heterocycles. The molecule has 2 N–H and O–H groups in total. The minimum atomic E-state index is -0.478. The van der Waals surface area contributed by atoms with Gasteiger partial charge in [-0.25, -0.2) is 9.78 Å². The summed E-state index contributed by atoms with van der Waals surface area (Å²) >= 11 is 0. The number of nitrogens with two attached hydrogens (primary N) is 1. The average molecular weight is 415 g/mol. The fraction of sp³-hybridized carbons (Fsp3) is 0.667. The number of rotatable bonds is 4. The fourth-order valence-electron chi connectivity index (χ4n) is 4.39. The molecule has 1 aliphatic rings. The van der Waals surface area contributed by atoms with Gasteiger partial charge in [0, 0.05) is 42.6 Å². The second-order valence-corrected chi connectivity index (χ2v) is 9.68. The number of aromatic nitrogens is 2. The summed E-state index contributed by atoms with van der Waals surface area (Å²) in [5.41, 5.74) is 13.0. The van der Waals surface area contributed by atoms with Crippen molar-refractivity contribution in [3.8, 4) is 0 Å². The molecule has 2 heterocycles. The van der Waals surface area contributed by atoms with Crippen LogP contribution in [0.1, 0.15) is 75.4 Å². The number of amides is 1. The van der Waals surface area contributed by atoms with Crippen LogP contribution in [0.4, 0.5) is 10.5 Å². The number of carbonyl (C=O) groups excluding carboxylic acids is 1. The molecule has 1 amide bonds. The van der Waals surface area contributed by atoms with Gasteiger partial charge in [-0.15, -0.1) is 0 Å². The van der Waals surface area contributed by atoms with Gasteiger partial charge in [0.2, 0.25) is 0 Å². The first kappa shape index (κ1) is 22.4. The zero-order valence-electron chi connectivity index (χ0n) is 19.6. The van der Waals surface area contributed by atoms with Crippen LogP contribution in [-0.4, -0.2) is 39.7 Å². The van der Waals surface area contributed by atoms with E-state index in [-0.39, 0.29) is 6.09 Å². The minimum Gasteiger partial charge on any atom is -0.444 e. The van der Waals surface area contributed by atoms with Gasteiger partial charge in [0.1, 0.15) is 11.2 Å². The topological polar surface area (TPSA) is 73.4 Å². The predicted molar refractivity (Wildman–Crippen MR) is 123 cm³/mol. The summed E-state index contributed by atoms with van der Waals surface area (Å²) in [6, 6.07) is 0. The summed E-state index contributed by atoms with van der Waals surface area (Å²) < 4.78 is 7.73. The molecular formula is C24H38N4O2. The van der Waals surface area contributed by atoms with Gasteiger partial charge in [-0.3, -0.25) is 0 Å². The number of anilines is 1. The fourth-order valence-corrected chi connectivity index (χ4v) is 4.39. The second-order valence-electron chi connectivity index (χ2n) is 9.68. The molecule has 1 aliphatic carbocycles. The molecular weight excluding hydrogens is 376 g/mol. The third-order valence-electron chi connectivity index (χ3n) is 6.16. The third-order valence-corrected chi connectivity index (χ3v) is 6.16. The molecule has 2 aromatic heterocycles. The third kappa shape index (κ3) is 4.73. The molecule has 0 radical (unpaired) electrons. The van der Waals surface area contributed by atoms with Crippen molar-refractivity contribution in [2.45, 2.75) is 91.7 Å². The number of hydrogen-bond donors (Lipinski definition) is 1. The lowest BCUT2D eigenvalue weighted by molar-refractivity contribution is 0.0295. The Hall–Kier alpha value is -2.24. The van der Waals surface area contributed by atoms with E-state index in [1.54, 1.807) is 11.9 Å². The number of ether oxygens (including phenoxy) is 1. The van der Waals surface area contributed by atoms with Crippen molar-refractivity contribution >= 4 is 22.8 Å². The maximum atomic E-state index is 12.2. The Morgan fingerprint density at radius 1 is 1.17 bits per heavy atom. The lowest BCUT2D eigenvalue weighted by atomic mass is 9.94. The summed E-state index contributed by atoms with van der Waals surface area (Å²) in [4.78, 5) is 19.0. The van der Waals surface area contributed by atoms with Crippen LogP contribution in [0.15, 0.2) is 0 Å². The Kier molecular flexibility index (Phi) is 6.63. The van der Waals surface area contributed by atoms with Gasteiger partial charge < -0.3 is 19.9 Å². The van der Waals surface area contributed by atoms with Crippen molar-refractivity contribution in [2.24, 2.45) is 0 Å². The van der Waals surface area contributed by atoms with Crippen LogP contribution in [0, 0.1) is 13.8 Å². The van der Waals surface area contributed by atoms with E-state index >= 15 is 0 Å². The zero-order chi connectivity index (χ0) is 22.1. The van der Waals surface area contributed by atoms with Crippen LogP contribution >= 0.6 is 0 Å².